The molecule has 0 bridgehead atoms. The third-order valence-corrected chi connectivity index (χ3v) is 3.35. The third-order valence-electron chi connectivity index (χ3n) is 3.12. The van der Waals surface area contributed by atoms with E-state index in [1.54, 1.807) is 7.05 Å². The highest BCUT2D eigenvalue weighted by atomic mass is 35.5. The minimum atomic E-state index is 0.689. The van der Waals surface area contributed by atoms with E-state index in [1.165, 1.54) is 11.1 Å². The summed E-state index contributed by atoms with van der Waals surface area (Å²) in [5.41, 5.74) is 3.62. The predicted octanol–water partition coefficient (Wildman–Crippen LogP) is 3.51. The van der Waals surface area contributed by atoms with Gasteiger partial charge in [0, 0.05) is 25.2 Å². The smallest absolute Gasteiger partial charge is 0.191 e. The van der Waals surface area contributed by atoms with Crippen LogP contribution in [0.5, 0.6) is 0 Å². The maximum atomic E-state index is 5.98. The molecule has 0 saturated heterocycles. The molecule has 0 fully saturated rings. The third kappa shape index (κ3) is 5.12. The average Bonchev–Trinajstić information content (AvgIpc) is 2.47. The van der Waals surface area contributed by atoms with E-state index in [0.717, 1.165) is 23.1 Å². The zero-order valence-electron chi connectivity index (χ0n) is 12.4. The molecular formula is C17H20ClN3. The quantitative estimate of drug-likeness (QED) is 0.670. The highest BCUT2D eigenvalue weighted by Crippen LogP contribution is 2.10. The molecule has 0 saturated carbocycles. The van der Waals surface area contributed by atoms with Crippen molar-refractivity contribution in [2.75, 3.05) is 7.05 Å². The van der Waals surface area contributed by atoms with Crippen molar-refractivity contribution in [2.45, 2.75) is 20.0 Å². The van der Waals surface area contributed by atoms with Crippen LogP contribution in [0, 0.1) is 6.92 Å². The van der Waals surface area contributed by atoms with Crippen LogP contribution >= 0.6 is 11.6 Å². The summed E-state index contributed by atoms with van der Waals surface area (Å²) in [6.45, 7) is 3.53. The van der Waals surface area contributed by atoms with E-state index in [2.05, 4.69) is 46.8 Å². The summed E-state index contributed by atoms with van der Waals surface area (Å²) >= 11 is 5.98. The lowest BCUT2D eigenvalue weighted by Gasteiger charge is -2.12. The maximum Gasteiger partial charge on any atom is 0.191 e. The standard InChI is InChI=1S/C17H20ClN3/c1-13-5-3-6-14(9-13)11-20-17(19-2)21-12-15-7-4-8-16(18)10-15/h3-10H,11-12H2,1-2H3,(H2,19,20,21). The average molecular weight is 302 g/mol. The predicted molar refractivity (Wildman–Crippen MR) is 89.7 cm³/mol. The topological polar surface area (TPSA) is 36.4 Å². The fourth-order valence-corrected chi connectivity index (χ4v) is 2.27. The summed E-state index contributed by atoms with van der Waals surface area (Å²) in [4.78, 5) is 4.22. The van der Waals surface area contributed by atoms with Crippen LogP contribution in [0.15, 0.2) is 53.5 Å². The second kappa shape index (κ2) is 7.70. The van der Waals surface area contributed by atoms with Gasteiger partial charge in [-0.05, 0) is 30.2 Å². The van der Waals surface area contributed by atoms with Gasteiger partial charge in [0.1, 0.15) is 0 Å². The van der Waals surface area contributed by atoms with E-state index in [9.17, 15) is 0 Å². The van der Waals surface area contributed by atoms with Crippen molar-refractivity contribution in [2.24, 2.45) is 4.99 Å². The molecule has 4 heteroatoms. The van der Waals surface area contributed by atoms with Gasteiger partial charge >= 0.3 is 0 Å². The monoisotopic (exact) mass is 301 g/mol. The number of hydrogen-bond donors (Lipinski definition) is 2. The number of nitrogens with one attached hydrogen (secondary N) is 2. The molecule has 0 spiro atoms. The van der Waals surface area contributed by atoms with Crippen LogP contribution in [0.3, 0.4) is 0 Å². The zero-order valence-corrected chi connectivity index (χ0v) is 13.1. The Hall–Kier alpha value is -2.00. The number of guanidine groups is 1. The lowest BCUT2D eigenvalue weighted by Crippen LogP contribution is -2.36. The number of benzene rings is 2. The number of aryl methyl sites for hydroxylation is 1. The van der Waals surface area contributed by atoms with E-state index in [4.69, 9.17) is 11.6 Å². The lowest BCUT2D eigenvalue weighted by molar-refractivity contribution is 0.809. The van der Waals surface area contributed by atoms with Crippen LogP contribution in [0.4, 0.5) is 0 Å². The van der Waals surface area contributed by atoms with E-state index in [0.29, 0.717) is 6.54 Å². The van der Waals surface area contributed by atoms with Gasteiger partial charge in [-0.3, -0.25) is 4.99 Å². The van der Waals surface area contributed by atoms with Gasteiger partial charge < -0.3 is 10.6 Å². The Bertz CT molecular complexity index is 571. The number of hydrogen-bond acceptors (Lipinski definition) is 1. The number of halogens is 1. The Labute approximate surface area is 131 Å². The van der Waals surface area contributed by atoms with Crippen molar-refractivity contribution in [1.29, 1.82) is 0 Å². The molecule has 0 aliphatic carbocycles. The second-order valence-corrected chi connectivity index (χ2v) is 5.33. The van der Waals surface area contributed by atoms with Gasteiger partial charge in [0.15, 0.2) is 5.96 Å². The molecule has 2 aromatic rings. The normalized spacial score (nSPS) is 11.3. The summed E-state index contributed by atoms with van der Waals surface area (Å²) in [6.07, 6.45) is 0. The Morgan fingerprint density at radius 2 is 1.62 bits per heavy atom. The van der Waals surface area contributed by atoms with Gasteiger partial charge in [0.05, 0.1) is 0 Å². The number of nitrogens with zero attached hydrogens (tertiary/aromatic N) is 1. The number of rotatable bonds is 4. The molecule has 0 heterocycles. The van der Waals surface area contributed by atoms with Crippen LogP contribution in [0.1, 0.15) is 16.7 Å². The molecule has 0 aliphatic heterocycles. The SMILES string of the molecule is CN=C(NCc1cccc(C)c1)NCc1cccc(Cl)c1. The van der Waals surface area contributed by atoms with Crippen LogP contribution in [0.25, 0.3) is 0 Å². The van der Waals surface area contributed by atoms with Gasteiger partial charge in [0.25, 0.3) is 0 Å². The molecule has 21 heavy (non-hydrogen) atoms. The molecule has 110 valence electrons. The Morgan fingerprint density at radius 1 is 1.00 bits per heavy atom. The van der Waals surface area contributed by atoms with Crippen molar-refractivity contribution < 1.29 is 0 Å². The maximum absolute atomic E-state index is 5.98. The van der Waals surface area contributed by atoms with Crippen molar-refractivity contribution in [3.8, 4) is 0 Å². The molecule has 0 radical (unpaired) electrons. The van der Waals surface area contributed by atoms with Gasteiger partial charge in [0.2, 0.25) is 0 Å². The van der Waals surface area contributed by atoms with Crippen molar-refractivity contribution in [3.63, 3.8) is 0 Å². The van der Waals surface area contributed by atoms with Crippen LogP contribution in [0.2, 0.25) is 5.02 Å². The minimum Gasteiger partial charge on any atom is -0.352 e. The van der Waals surface area contributed by atoms with Crippen molar-refractivity contribution in [1.82, 2.24) is 10.6 Å². The van der Waals surface area contributed by atoms with Gasteiger partial charge in [-0.1, -0.05) is 53.6 Å². The fraction of sp³-hybridized carbons (Fsp3) is 0.235. The summed E-state index contributed by atoms with van der Waals surface area (Å²) < 4.78 is 0. The van der Waals surface area contributed by atoms with E-state index < -0.39 is 0 Å². The highest BCUT2D eigenvalue weighted by molar-refractivity contribution is 6.30. The summed E-state index contributed by atoms with van der Waals surface area (Å²) in [5, 5.41) is 7.33. The fourth-order valence-electron chi connectivity index (χ4n) is 2.06. The van der Waals surface area contributed by atoms with E-state index >= 15 is 0 Å². The molecule has 0 aliphatic rings. The molecule has 2 N–H and O–H groups in total. The Morgan fingerprint density at radius 3 is 2.19 bits per heavy atom. The van der Waals surface area contributed by atoms with Crippen molar-refractivity contribution >= 4 is 17.6 Å². The van der Waals surface area contributed by atoms with E-state index in [-0.39, 0.29) is 0 Å². The Balaban J connectivity index is 1.86. The first kappa shape index (κ1) is 15.4. The molecule has 0 unspecified atom stereocenters. The van der Waals surface area contributed by atoms with Gasteiger partial charge in [-0.25, -0.2) is 0 Å². The van der Waals surface area contributed by atoms with E-state index in [1.807, 2.05) is 24.3 Å². The second-order valence-electron chi connectivity index (χ2n) is 4.90. The molecule has 2 aromatic carbocycles. The lowest BCUT2D eigenvalue weighted by atomic mass is 10.1. The molecule has 0 atom stereocenters. The van der Waals surface area contributed by atoms with Crippen LogP contribution in [-0.4, -0.2) is 13.0 Å². The molecule has 0 amide bonds. The summed E-state index contributed by atoms with van der Waals surface area (Å²) in [5.74, 6) is 0.775. The van der Waals surface area contributed by atoms with Gasteiger partial charge in [-0.15, -0.1) is 0 Å². The molecule has 3 nitrogen and oxygen atoms in total. The highest BCUT2D eigenvalue weighted by Gasteiger charge is 2.00. The molecular weight excluding hydrogens is 282 g/mol. The Kier molecular flexibility index (Phi) is 5.64. The molecule has 0 aromatic heterocycles. The van der Waals surface area contributed by atoms with Crippen LogP contribution < -0.4 is 10.6 Å². The van der Waals surface area contributed by atoms with Crippen molar-refractivity contribution in [3.05, 3.63) is 70.2 Å². The minimum absolute atomic E-state index is 0.689. The number of aliphatic imine (C=N–C) groups is 1. The first-order chi connectivity index (χ1) is 10.2. The van der Waals surface area contributed by atoms with Crippen LogP contribution in [-0.2, 0) is 13.1 Å². The van der Waals surface area contributed by atoms with Gasteiger partial charge in [-0.2, -0.15) is 0 Å². The zero-order chi connectivity index (χ0) is 15.1. The summed E-state index contributed by atoms with van der Waals surface area (Å²) in [6, 6.07) is 16.2. The summed E-state index contributed by atoms with van der Waals surface area (Å²) in [7, 11) is 1.77. The largest absolute Gasteiger partial charge is 0.352 e. The first-order valence-corrected chi connectivity index (χ1v) is 7.29. The first-order valence-electron chi connectivity index (χ1n) is 6.92. The molecule has 2 rings (SSSR count).